The third-order valence-electron chi connectivity index (χ3n) is 3.70. The number of nitrogens with one attached hydrogen (secondary N) is 1. The van der Waals surface area contributed by atoms with Gasteiger partial charge in [-0.1, -0.05) is 30.3 Å². The summed E-state index contributed by atoms with van der Waals surface area (Å²) in [6.45, 7) is 1.77. The molecule has 1 amide bonds. The molecule has 1 heterocycles. The first-order chi connectivity index (χ1) is 12.0. The molecule has 25 heavy (non-hydrogen) atoms. The summed E-state index contributed by atoms with van der Waals surface area (Å²) in [5, 5.41) is 13.7. The Morgan fingerprint density at radius 3 is 2.56 bits per heavy atom. The van der Waals surface area contributed by atoms with Gasteiger partial charge >= 0.3 is 5.97 Å². The SMILES string of the molecule is Cc1nc2ccccc2cc1C(=O)NN=Cc1ccc(C(=O)O)cc1. The Labute approximate surface area is 143 Å². The number of nitrogens with zero attached hydrogens (tertiary/aromatic N) is 2. The van der Waals surface area contributed by atoms with Crippen LogP contribution in [0, 0.1) is 6.92 Å². The number of benzene rings is 2. The van der Waals surface area contributed by atoms with E-state index in [1.54, 1.807) is 25.1 Å². The quantitative estimate of drug-likeness (QED) is 0.567. The molecule has 0 atom stereocenters. The van der Waals surface area contributed by atoms with Crippen LogP contribution in [0.4, 0.5) is 0 Å². The van der Waals surface area contributed by atoms with Crippen molar-refractivity contribution in [2.24, 2.45) is 5.10 Å². The fourth-order valence-corrected chi connectivity index (χ4v) is 2.38. The van der Waals surface area contributed by atoms with Gasteiger partial charge in [0.2, 0.25) is 0 Å². The molecular weight excluding hydrogens is 318 g/mol. The topological polar surface area (TPSA) is 91.7 Å². The Kier molecular flexibility index (Phi) is 4.52. The number of hydrogen-bond donors (Lipinski definition) is 2. The fraction of sp³-hybridized carbons (Fsp3) is 0.0526. The first-order valence-electron chi connectivity index (χ1n) is 7.58. The van der Waals surface area contributed by atoms with Crippen LogP contribution in [-0.4, -0.2) is 28.2 Å². The molecule has 0 radical (unpaired) electrons. The lowest BCUT2D eigenvalue weighted by Gasteiger charge is -2.06. The molecule has 2 aromatic carbocycles. The Bertz CT molecular complexity index is 979. The van der Waals surface area contributed by atoms with Crippen molar-refractivity contribution in [2.75, 3.05) is 0 Å². The predicted molar refractivity (Wildman–Crippen MR) is 94.9 cm³/mol. The third kappa shape index (κ3) is 3.69. The van der Waals surface area contributed by atoms with Gasteiger partial charge in [-0.25, -0.2) is 10.2 Å². The van der Waals surface area contributed by atoms with E-state index in [1.165, 1.54) is 18.3 Å². The van der Waals surface area contributed by atoms with Crippen molar-refractivity contribution in [3.8, 4) is 0 Å². The molecule has 0 fully saturated rings. The van der Waals surface area contributed by atoms with Crippen LogP contribution in [-0.2, 0) is 0 Å². The number of hydrogen-bond acceptors (Lipinski definition) is 4. The van der Waals surface area contributed by atoms with Crippen molar-refractivity contribution in [2.45, 2.75) is 6.92 Å². The highest BCUT2D eigenvalue weighted by Gasteiger charge is 2.10. The van der Waals surface area contributed by atoms with Crippen LogP contribution < -0.4 is 5.43 Å². The van der Waals surface area contributed by atoms with Crippen molar-refractivity contribution in [1.29, 1.82) is 0 Å². The Morgan fingerprint density at radius 2 is 1.84 bits per heavy atom. The third-order valence-corrected chi connectivity index (χ3v) is 3.70. The molecule has 124 valence electrons. The molecule has 0 aliphatic carbocycles. The number of aromatic nitrogens is 1. The minimum atomic E-state index is -0.990. The van der Waals surface area contributed by atoms with Crippen molar-refractivity contribution >= 4 is 29.0 Å². The molecule has 6 nitrogen and oxygen atoms in total. The van der Waals surface area contributed by atoms with E-state index in [1.807, 2.05) is 24.3 Å². The van der Waals surface area contributed by atoms with E-state index in [9.17, 15) is 9.59 Å². The van der Waals surface area contributed by atoms with Gasteiger partial charge < -0.3 is 5.11 Å². The second-order valence-corrected chi connectivity index (χ2v) is 5.44. The number of carbonyl (C=O) groups is 2. The van der Waals surface area contributed by atoms with E-state index in [0.717, 1.165) is 10.9 Å². The average molecular weight is 333 g/mol. The minimum absolute atomic E-state index is 0.194. The largest absolute Gasteiger partial charge is 0.478 e. The van der Waals surface area contributed by atoms with Crippen LogP contribution in [0.3, 0.4) is 0 Å². The number of para-hydroxylation sites is 1. The Hall–Kier alpha value is -3.54. The number of carboxylic acids is 1. The first kappa shape index (κ1) is 16.3. The number of fused-ring (bicyclic) bond motifs is 1. The summed E-state index contributed by atoms with van der Waals surface area (Å²) in [5.74, 6) is -1.34. The molecular formula is C19H15N3O3. The zero-order chi connectivity index (χ0) is 17.8. The predicted octanol–water partition coefficient (Wildman–Crippen LogP) is 3.01. The molecule has 1 aromatic heterocycles. The monoisotopic (exact) mass is 333 g/mol. The zero-order valence-electron chi connectivity index (χ0n) is 13.4. The van der Waals surface area contributed by atoms with Crippen LogP contribution in [0.1, 0.15) is 32.0 Å². The van der Waals surface area contributed by atoms with E-state index >= 15 is 0 Å². The highest BCUT2D eigenvalue weighted by molar-refractivity contribution is 5.99. The van der Waals surface area contributed by atoms with Crippen molar-refractivity contribution < 1.29 is 14.7 Å². The maximum absolute atomic E-state index is 12.3. The van der Waals surface area contributed by atoms with Gasteiger partial charge in [-0.3, -0.25) is 9.78 Å². The molecule has 0 saturated carbocycles. The summed E-state index contributed by atoms with van der Waals surface area (Å²) >= 11 is 0. The standard InChI is InChI=1S/C19H15N3O3/c1-12-16(10-15-4-2-3-5-17(15)21-12)18(23)22-20-11-13-6-8-14(9-7-13)19(24)25/h2-11H,1H3,(H,22,23)(H,24,25). The molecule has 0 aliphatic heterocycles. The van der Waals surface area contributed by atoms with E-state index in [2.05, 4.69) is 15.5 Å². The number of carbonyl (C=O) groups excluding carboxylic acids is 1. The molecule has 3 aromatic rings. The summed E-state index contributed by atoms with van der Waals surface area (Å²) in [6, 6.07) is 15.5. The number of aromatic carboxylic acids is 1. The van der Waals surface area contributed by atoms with Crippen LogP contribution in [0.5, 0.6) is 0 Å². The summed E-state index contributed by atoms with van der Waals surface area (Å²) in [7, 11) is 0. The summed E-state index contributed by atoms with van der Waals surface area (Å²) in [6.07, 6.45) is 1.45. The van der Waals surface area contributed by atoms with Crippen molar-refractivity contribution in [3.05, 3.63) is 77.0 Å². The average Bonchev–Trinajstić information content (AvgIpc) is 2.61. The van der Waals surface area contributed by atoms with Gasteiger partial charge in [-0.2, -0.15) is 5.10 Å². The minimum Gasteiger partial charge on any atom is -0.478 e. The highest BCUT2D eigenvalue weighted by atomic mass is 16.4. The molecule has 2 N–H and O–H groups in total. The molecule has 0 spiro atoms. The second-order valence-electron chi connectivity index (χ2n) is 5.44. The highest BCUT2D eigenvalue weighted by Crippen LogP contribution is 2.16. The molecule has 0 bridgehead atoms. The number of carboxylic acid groups (broad SMARTS) is 1. The molecule has 0 aliphatic rings. The molecule has 6 heteroatoms. The lowest BCUT2D eigenvalue weighted by molar-refractivity contribution is 0.0696. The maximum Gasteiger partial charge on any atom is 0.335 e. The molecule has 0 unspecified atom stereocenters. The zero-order valence-corrected chi connectivity index (χ0v) is 13.4. The summed E-state index contributed by atoms with van der Waals surface area (Å²) in [4.78, 5) is 27.5. The van der Waals surface area contributed by atoms with Crippen LogP contribution >= 0.6 is 0 Å². The van der Waals surface area contributed by atoms with Crippen molar-refractivity contribution in [3.63, 3.8) is 0 Å². The Balaban J connectivity index is 1.74. The lowest BCUT2D eigenvalue weighted by Crippen LogP contribution is -2.19. The van der Waals surface area contributed by atoms with Gasteiger partial charge in [0.15, 0.2) is 0 Å². The van der Waals surface area contributed by atoms with E-state index in [0.29, 0.717) is 16.8 Å². The van der Waals surface area contributed by atoms with Crippen LogP contribution in [0.25, 0.3) is 10.9 Å². The van der Waals surface area contributed by atoms with Gasteiger partial charge in [0, 0.05) is 5.39 Å². The summed E-state index contributed by atoms with van der Waals surface area (Å²) in [5.41, 5.74) is 5.25. The van der Waals surface area contributed by atoms with Gasteiger partial charge in [0.05, 0.1) is 28.6 Å². The van der Waals surface area contributed by atoms with Crippen molar-refractivity contribution in [1.82, 2.24) is 10.4 Å². The van der Waals surface area contributed by atoms with Gasteiger partial charge in [0.25, 0.3) is 5.91 Å². The molecule has 3 rings (SSSR count). The number of pyridine rings is 1. The van der Waals surface area contributed by atoms with E-state index < -0.39 is 5.97 Å². The van der Waals surface area contributed by atoms with Gasteiger partial charge in [-0.05, 0) is 36.8 Å². The van der Waals surface area contributed by atoms with E-state index in [-0.39, 0.29) is 11.5 Å². The van der Waals surface area contributed by atoms with E-state index in [4.69, 9.17) is 5.11 Å². The van der Waals surface area contributed by atoms with Crippen LogP contribution in [0.2, 0.25) is 0 Å². The smallest absolute Gasteiger partial charge is 0.335 e. The van der Waals surface area contributed by atoms with Gasteiger partial charge in [0.1, 0.15) is 0 Å². The summed E-state index contributed by atoms with van der Waals surface area (Å²) < 4.78 is 0. The number of amides is 1. The second kappa shape index (κ2) is 6.92. The fourth-order valence-electron chi connectivity index (χ4n) is 2.38. The normalized spacial score (nSPS) is 10.9. The Morgan fingerprint density at radius 1 is 1.12 bits per heavy atom. The number of hydrazone groups is 1. The maximum atomic E-state index is 12.3. The number of rotatable bonds is 4. The lowest BCUT2D eigenvalue weighted by atomic mass is 10.1. The molecule has 0 saturated heterocycles. The first-order valence-corrected chi connectivity index (χ1v) is 7.58. The van der Waals surface area contributed by atoms with Gasteiger partial charge in [-0.15, -0.1) is 0 Å². The van der Waals surface area contributed by atoms with Crippen LogP contribution in [0.15, 0.2) is 59.7 Å². The number of aryl methyl sites for hydroxylation is 1.